The number of hydrogen-bond acceptors (Lipinski definition) is 6. The van der Waals surface area contributed by atoms with Gasteiger partial charge in [0, 0.05) is 43.4 Å². The number of furan rings is 1. The minimum atomic E-state index is -0.382. The van der Waals surface area contributed by atoms with E-state index >= 15 is 0 Å². The Morgan fingerprint density at radius 2 is 1.94 bits per heavy atom. The molecule has 10 nitrogen and oxygen atoms in total. The Balaban J connectivity index is 1.38. The van der Waals surface area contributed by atoms with Gasteiger partial charge in [0.05, 0.1) is 25.6 Å². The Hall–Kier alpha value is -4.60. The third-order valence-corrected chi connectivity index (χ3v) is 6.21. The molecule has 0 bridgehead atoms. The summed E-state index contributed by atoms with van der Waals surface area (Å²) in [6.07, 6.45) is 1.84. The molecule has 3 aromatic heterocycles. The molecule has 0 aliphatic carbocycles. The molecule has 184 valence electrons. The van der Waals surface area contributed by atoms with Crippen molar-refractivity contribution in [3.05, 3.63) is 93.9 Å². The second kappa shape index (κ2) is 9.95. The highest BCUT2D eigenvalue weighted by atomic mass is 16.5. The number of aromatic nitrogens is 3. The molecular weight excluding hydrogens is 462 g/mol. The molecule has 36 heavy (non-hydrogen) atoms. The van der Waals surface area contributed by atoms with E-state index in [1.54, 1.807) is 27.7 Å². The smallest absolute Gasteiger partial charge is 0.271 e. The molecule has 1 aromatic carbocycles. The van der Waals surface area contributed by atoms with Crippen molar-refractivity contribution >= 4 is 11.8 Å². The minimum absolute atomic E-state index is 0.196. The number of methoxy groups -OCH3 is 1. The lowest BCUT2D eigenvalue weighted by molar-refractivity contribution is 0.0753. The van der Waals surface area contributed by atoms with Gasteiger partial charge in [-0.05, 0) is 18.2 Å². The van der Waals surface area contributed by atoms with E-state index in [1.165, 1.54) is 19.4 Å². The maximum atomic E-state index is 13.3. The standard InChI is InChI=1S/C26H25N5O5/c1-35-22-15-23(32)31-12-11-30(26(34)20-14-19(28-29-20)17-6-3-2-4-7-17)10-9-21(31)24(22)25(33)27-16-18-8-5-13-36-18/h2-8,13-15H,9-12,16H2,1H3,(H,27,33)(H,28,29). The van der Waals surface area contributed by atoms with Gasteiger partial charge in [-0.3, -0.25) is 19.5 Å². The second-order valence-corrected chi connectivity index (χ2v) is 8.36. The lowest BCUT2D eigenvalue weighted by Gasteiger charge is -2.18. The molecule has 1 aliphatic rings. The first-order chi connectivity index (χ1) is 17.5. The number of carbonyl (C=O) groups excluding carboxylic acids is 2. The Labute approximate surface area is 206 Å². The van der Waals surface area contributed by atoms with Crippen molar-refractivity contribution in [1.82, 2.24) is 25.0 Å². The second-order valence-electron chi connectivity index (χ2n) is 8.36. The van der Waals surface area contributed by atoms with Crippen LogP contribution in [0.1, 0.15) is 32.3 Å². The van der Waals surface area contributed by atoms with Gasteiger partial charge in [0.1, 0.15) is 22.8 Å². The molecule has 2 amide bonds. The third kappa shape index (κ3) is 4.52. The van der Waals surface area contributed by atoms with Crippen molar-refractivity contribution in [2.45, 2.75) is 19.5 Å². The van der Waals surface area contributed by atoms with E-state index in [9.17, 15) is 14.4 Å². The van der Waals surface area contributed by atoms with E-state index in [0.717, 1.165) is 5.56 Å². The summed E-state index contributed by atoms with van der Waals surface area (Å²) >= 11 is 0. The Kier molecular flexibility index (Phi) is 6.40. The van der Waals surface area contributed by atoms with E-state index in [2.05, 4.69) is 15.5 Å². The molecule has 0 spiro atoms. The molecule has 0 radical (unpaired) electrons. The van der Waals surface area contributed by atoms with Crippen LogP contribution >= 0.6 is 0 Å². The number of rotatable bonds is 6. The zero-order chi connectivity index (χ0) is 25.1. The first kappa shape index (κ1) is 23.2. The van der Waals surface area contributed by atoms with Crippen molar-refractivity contribution in [2.24, 2.45) is 0 Å². The molecular formula is C26H25N5O5. The van der Waals surface area contributed by atoms with E-state index < -0.39 is 0 Å². The molecule has 1 aliphatic heterocycles. The van der Waals surface area contributed by atoms with E-state index in [0.29, 0.717) is 42.4 Å². The lowest BCUT2D eigenvalue weighted by atomic mass is 10.1. The number of fused-ring (bicyclic) bond motifs is 1. The number of ether oxygens (including phenoxy) is 1. The summed E-state index contributed by atoms with van der Waals surface area (Å²) in [5.74, 6) is 0.200. The summed E-state index contributed by atoms with van der Waals surface area (Å²) in [7, 11) is 1.42. The quantitative estimate of drug-likeness (QED) is 0.431. The summed E-state index contributed by atoms with van der Waals surface area (Å²) in [5.41, 5.74) is 2.47. The first-order valence-electron chi connectivity index (χ1n) is 11.6. The van der Waals surface area contributed by atoms with Gasteiger partial charge < -0.3 is 23.9 Å². The average molecular weight is 488 g/mol. The highest BCUT2D eigenvalue weighted by Crippen LogP contribution is 2.24. The van der Waals surface area contributed by atoms with E-state index in [4.69, 9.17) is 9.15 Å². The number of aromatic amines is 1. The van der Waals surface area contributed by atoms with Gasteiger partial charge >= 0.3 is 0 Å². The van der Waals surface area contributed by atoms with Crippen molar-refractivity contribution < 1.29 is 18.7 Å². The van der Waals surface area contributed by atoms with Crippen molar-refractivity contribution in [2.75, 3.05) is 20.2 Å². The number of pyridine rings is 1. The topological polar surface area (TPSA) is 122 Å². The number of nitrogens with zero attached hydrogens (tertiary/aromatic N) is 3. The van der Waals surface area contributed by atoms with Crippen molar-refractivity contribution in [3.63, 3.8) is 0 Å². The van der Waals surface area contributed by atoms with Crippen LogP contribution in [0.4, 0.5) is 0 Å². The molecule has 2 N–H and O–H groups in total. The fraction of sp³-hybridized carbons (Fsp3) is 0.231. The first-order valence-corrected chi connectivity index (χ1v) is 11.6. The van der Waals surface area contributed by atoms with Gasteiger partial charge in [0.25, 0.3) is 17.4 Å². The fourth-order valence-corrected chi connectivity index (χ4v) is 4.39. The molecule has 0 atom stereocenters. The van der Waals surface area contributed by atoms with Gasteiger partial charge in [0.2, 0.25) is 0 Å². The summed E-state index contributed by atoms with van der Waals surface area (Å²) in [4.78, 5) is 40.9. The molecule has 10 heteroatoms. The summed E-state index contributed by atoms with van der Waals surface area (Å²) in [6, 6.07) is 16.1. The fourth-order valence-electron chi connectivity index (χ4n) is 4.39. The van der Waals surface area contributed by atoms with E-state index in [-0.39, 0.29) is 41.8 Å². The van der Waals surface area contributed by atoms with Gasteiger partial charge in [-0.2, -0.15) is 5.10 Å². The van der Waals surface area contributed by atoms with Gasteiger partial charge in [-0.1, -0.05) is 30.3 Å². The summed E-state index contributed by atoms with van der Waals surface area (Å²) < 4.78 is 12.2. The zero-order valence-corrected chi connectivity index (χ0v) is 19.7. The number of carbonyl (C=O) groups is 2. The minimum Gasteiger partial charge on any atom is -0.496 e. The summed E-state index contributed by atoms with van der Waals surface area (Å²) in [6.45, 7) is 1.08. The van der Waals surface area contributed by atoms with Crippen LogP contribution in [0, 0.1) is 0 Å². The van der Waals surface area contributed by atoms with Gasteiger partial charge in [-0.25, -0.2) is 0 Å². The van der Waals surface area contributed by atoms with Crippen LogP contribution in [0.2, 0.25) is 0 Å². The maximum absolute atomic E-state index is 13.3. The molecule has 0 unspecified atom stereocenters. The lowest BCUT2D eigenvalue weighted by Crippen LogP contribution is -2.34. The molecule has 4 heterocycles. The van der Waals surface area contributed by atoms with Gasteiger partial charge in [-0.15, -0.1) is 0 Å². The molecule has 0 saturated carbocycles. The van der Waals surface area contributed by atoms with Crippen LogP contribution in [-0.2, 0) is 19.5 Å². The van der Waals surface area contributed by atoms with Crippen LogP contribution in [-0.4, -0.2) is 51.7 Å². The van der Waals surface area contributed by atoms with Crippen LogP contribution in [0.5, 0.6) is 5.75 Å². The van der Waals surface area contributed by atoms with Crippen LogP contribution in [0.25, 0.3) is 11.3 Å². The number of amides is 2. The molecule has 0 saturated heterocycles. The maximum Gasteiger partial charge on any atom is 0.271 e. The summed E-state index contributed by atoms with van der Waals surface area (Å²) in [5, 5.41) is 9.93. The predicted molar refractivity (Wildman–Crippen MR) is 131 cm³/mol. The van der Waals surface area contributed by atoms with Crippen LogP contribution in [0.3, 0.4) is 0 Å². The van der Waals surface area contributed by atoms with Crippen LogP contribution in [0.15, 0.2) is 70.1 Å². The third-order valence-electron chi connectivity index (χ3n) is 6.21. The molecule has 5 rings (SSSR count). The number of nitrogens with one attached hydrogen (secondary N) is 2. The Bertz CT molecular complexity index is 1440. The van der Waals surface area contributed by atoms with Crippen LogP contribution < -0.4 is 15.6 Å². The number of hydrogen-bond donors (Lipinski definition) is 2. The monoisotopic (exact) mass is 487 g/mol. The Morgan fingerprint density at radius 1 is 1.11 bits per heavy atom. The van der Waals surface area contributed by atoms with Crippen molar-refractivity contribution in [1.29, 1.82) is 0 Å². The van der Waals surface area contributed by atoms with Gasteiger partial charge in [0.15, 0.2) is 0 Å². The number of benzene rings is 1. The zero-order valence-electron chi connectivity index (χ0n) is 19.7. The number of H-pyrrole nitrogens is 1. The SMILES string of the molecule is COc1cc(=O)n2c(c1C(=O)NCc1ccco1)CCN(C(=O)c1cc(-c3ccccc3)n[nH]1)CC2. The Morgan fingerprint density at radius 3 is 2.69 bits per heavy atom. The molecule has 4 aromatic rings. The largest absolute Gasteiger partial charge is 0.496 e. The van der Waals surface area contributed by atoms with E-state index in [1.807, 2.05) is 30.3 Å². The average Bonchev–Trinajstić information content (AvgIpc) is 3.56. The molecule has 0 fully saturated rings. The predicted octanol–water partition coefficient (Wildman–Crippen LogP) is 2.47. The normalized spacial score (nSPS) is 13.1. The van der Waals surface area contributed by atoms with Crippen molar-refractivity contribution in [3.8, 4) is 17.0 Å². The highest BCUT2D eigenvalue weighted by molar-refractivity contribution is 5.98. The highest BCUT2D eigenvalue weighted by Gasteiger charge is 2.27.